The highest BCUT2D eigenvalue weighted by molar-refractivity contribution is 7.55. The fraction of sp³-hybridized carbons (Fsp3) is 0.0667. The first-order valence-corrected chi connectivity index (χ1v) is 7.59. The number of hydrogen-bond acceptors (Lipinski definition) is 1. The Kier molecular flexibility index (Phi) is 4.33. The summed E-state index contributed by atoms with van der Waals surface area (Å²) in [6.07, 6.45) is 1.56. The minimum absolute atomic E-state index is 0.157. The molecule has 2 aromatic rings. The second-order valence-electron chi connectivity index (χ2n) is 4.23. The van der Waals surface area contributed by atoms with Crippen molar-refractivity contribution in [1.29, 1.82) is 0 Å². The largest absolute Gasteiger partial charge is 0.348 e. The van der Waals surface area contributed by atoms with Crippen molar-refractivity contribution in [2.24, 2.45) is 0 Å². The maximum absolute atomic E-state index is 11.0. The topological polar surface area (TPSA) is 57.5 Å². The summed E-state index contributed by atoms with van der Waals surface area (Å²) in [6.45, 7) is 0. The number of benzene rings is 2. The van der Waals surface area contributed by atoms with Gasteiger partial charge in [0.25, 0.3) is 0 Å². The van der Waals surface area contributed by atoms with Crippen LogP contribution in [0.2, 0.25) is 0 Å². The molecule has 4 heteroatoms. The minimum Gasteiger partial charge on any atom is -0.321 e. The van der Waals surface area contributed by atoms with Crippen molar-refractivity contribution < 1.29 is 14.4 Å². The first kappa shape index (κ1) is 13.8. The number of allylic oxidation sites excluding steroid dienone is 1. The normalized spacial score (nSPS) is 12.2. The van der Waals surface area contributed by atoms with E-state index in [9.17, 15) is 4.57 Å². The van der Waals surface area contributed by atoms with Gasteiger partial charge in [0.15, 0.2) is 0 Å². The van der Waals surface area contributed by atoms with E-state index in [0.717, 1.165) is 16.9 Å². The summed E-state index contributed by atoms with van der Waals surface area (Å²) >= 11 is 0. The third-order valence-electron chi connectivity index (χ3n) is 2.79. The molecule has 98 valence electrons. The van der Waals surface area contributed by atoms with Crippen molar-refractivity contribution >= 4 is 7.60 Å². The lowest BCUT2D eigenvalue weighted by atomic mass is 9.92. The SMILES string of the molecule is O=P(O)(O)/C=C/C(c1ccccc1)c1ccccc1. The van der Waals surface area contributed by atoms with Gasteiger partial charge in [-0.2, -0.15) is 0 Å². The Balaban J connectivity index is 2.40. The summed E-state index contributed by atoms with van der Waals surface area (Å²) in [5.74, 6) is 0.813. The molecule has 0 radical (unpaired) electrons. The zero-order valence-electron chi connectivity index (χ0n) is 10.3. The van der Waals surface area contributed by atoms with Crippen LogP contribution in [0.25, 0.3) is 0 Å². The number of hydrogen-bond donors (Lipinski definition) is 2. The molecule has 0 unspecified atom stereocenters. The molecule has 0 amide bonds. The predicted octanol–water partition coefficient (Wildman–Crippen LogP) is 3.51. The smallest absolute Gasteiger partial charge is 0.321 e. The maximum Gasteiger partial charge on any atom is 0.348 e. The van der Waals surface area contributed by atoms with Gasteiger partial charge in [0.05, 0.1) is 0 Å². The fourth-order valence-corrected chi connectivity index (χ4v) is 2.33. The molecule has 0 bridgehead atoms. The van der Waals surface area contributed by atoms with Crippen molar-refractivity contribution in [3.05, 3.63) is 83.7 Å². The third-order valence-corrected chi connectivity index (χ3v) is 3.35. The van der Waals surface area contributed by atoms with E-state index >= 15 is 0 Å². The van der Waals surface area contributed by atoms with Crippen LogP contribution < -0.4 is 0 Å². The molecule has 0 aliphatic carbocycles. The lowest BCUT2D eigenvalue weighted by Crippen LogP contribution is -1.97. The lowest BCUT2D eigenvalue weighted by molar-refractivity contribution is 0.386. The van der Waals surface area contributed by atoms with Crippen LogP contribution in [0, 0.1) is 0 Å². The van der Waals surface area contributed by atoms with Crippen LogP contribution in [0.4, 0.5) is 0 Å². The van der Waals surface area contributed by atoms with Crippen LogP contribution >= 0.6 is 7.60 Å². The first-order chi connectivity index (χ1) is 9.06. The molecule has 0 aliphatic heterocycles. The molecule has 0 heterocycles. The van der Waals surface area contributed by atoms with Crippen LogP contribution in [0.5, 0.6) is 0 Å². The molecule has 0 fully saturated rings. The summed E-state index contributed by atoms with van der Waals surface area (Å²) in [7, 11) is -4.14. The summed E-state index contributed by atoms with van der Waals surface area (Å²) in [4.78, 5) is 18.0. The molecule has 19 heavy (non-hydrogen) atoms. The van der Waals surface area contributed by atoms with Crippen molar-refractivity contribution in [2.45, 2.75) is 5.92 Å². The van der Waals surface area contributed by atoms with Gasteiger partial charge in [-0.15, -0.1) is 0 Å². The molecule has 2 N–H and O–H groups in total. The Morgan fingerprint density at radius 1 is 0.842 bits per heavy atom. The summed E-state index contributed by atoms with van der Waals surface area (Å²) in [5, 5.41) is 0. The van der Waals surface area contributed by atoms with Crippen molar-refractivity contribution in [3.63, 3.8) is 0 Å². The van der Waals surface area contributed by atoms with Gasteiger partial charge in [-0.05, 0) is 11.1 Å². The van der Waals surface area contributed by atoms with Gasteiger partial charge in [0.1, 0.15) is 0 Å². The van der Waals surface area contributed by atoms with E-state index < -0.39 is 7.60 Å². The monoisotopic (exact) mass is 274 g/mol. The summed E-state index contributed by atoms with van der Waals surface area (Å²) in [5.41, 5.74) is 2.00. The Morgan fingerprint density at radius 2 is 1.26 bits per heavy atom. The average molecular weight is 274 g/mol. The van der Waals surface area contributed by atoms with Crippen LogP contribution in [0.1, 0.15) is 17.0 Å². The van der Waals surface area contributed by atoms with E-state index in [1.807, 2.05) is 60.7 Å². The highest BCUT2D eigenvalue weighted by Gasteiger charge is 2.13. The van der Waals surface area contributed by atoms with Gasteiger partial charge in [-0.1, -0.05) is 66.7 Å². The van der Waals surface area contributed by atoms with Gasteiger partial charge in [0.2, 0.25) is 0 Å². The average Bonchev–Trinajstić information content (AvgIpc) is 2.40. The summed E-state index contributed by atoms with van der Waals surface area (Å²) < 4.78 is 11.0. The highest BCUT2D eigenvalue weighted by Crippen LogP contribution is 2.38. The van der Waals surface area contributed by atoms with Gasteiger partial charge >= 0.3 is 7.60 Å². The molecule has 0 atom stereocenters. The fourth-order valence-electron chi connectivity index (χ4n) is 1.93. The second-order valence-corrected chi connectivity index (χ2v) is 5.71. The van der Waals surface area contributed by atoms with Gasteiger partial charge in [0, 0.05) is 11.7 Å². The van der Waals surface area contributed by atoms with Crippen LogP contribution in [-0.4, -0.2) is 9.79 Å². The van der Waals surface area contributed by atoms with Gasteiger partial charge in [-0.25, -0.2) is 0 Å². The van der Waals surface area contributed by atoms with E-state index in [1.54, 1.807) is 6.08 Å². The third kappa shape index (κ3) is 4.18. The van der Waals surface area contributed by atoms with Crippen molar-refractivity contribution in [1.82, 2.24) is 0 Å². The highest BCUT2D eigenvalue weighted by atomic mass is 31.2. The Labute approximate surface area is 112 Å². The Bertz CT molecular complexity index is 548. The zero-order chi connectivity index (χ0) is 13.7. The van der Waals surface area contributed by atoms with Gasteiger partial charge in [-0.3, -0.25) is 4.57 Å². The van der Waals surface area contributed by atoms with Crippen LogP contribution in [-0.2, 0) is 4.57 Å². The Hall–Kier alpha value is -1.67. The number of rotatable bonds is 4. The lowest BCUT2D eigenvalue weighted by Gasteiger charge is -2.14. The van der Waals surface area contributed by atoms with Crippen molar-refractivity contribution in [2.75, 3.05) is 0 Å². The molecule has 2 rings (SSSR count). The molecular weight excluding hydrogens is 259 g/mol. The van der Waals surface area contributed by atoms with E-state index in [0.29, 0.717) is 0 Å². The van der Waals surface area contributed by atoms with E-state index in [1.165, 1.54) is 0 Å². The van der Waals surface area contributed by atoms with Crippen molar-refractivity contribution in [3.8, 4) is 0 Å². The molecule has 2 aromatic carbocycles. The predicted molar refractivity (Wildman–Crippen MR) is 75.9 cm³/mol. The van der Waals surface area contributed by atoms with E-state index in [4.69, 9.17) is 9.79 Å². The zero-order valence-corrected chi connectivity index (χ0v) is 11.1. The molecule has 0 spiro atoms. The van der Waals surface area contributed by atoms with Gasteiger partial charge < -0.3 is 9.79 Å². The molecule has 3 nitrogen and oxygen atoms in total. The molecule has 0 aromatic heterocycles. The van der Waals surface area contributed by atoms with Crippen LogP contribution in [0.3, 0.4) is 0 Å². The van der Waals surface area contributed by atoms with E-state index in [-0.39, 0.29) is 5.92 Å². The molecule has 0 saturated carbocycles. The molecule has 0 saturated heterocycles. The molecule has 0 aliphatic rings. The first-order valence-electron chi connectivity index (χ1n) is 5.91. The Morgan fingerprint density at radius 3 is 1.63 bits per heavy atom. The van der Waals surface area contributed by atoms with E-state index in [2.05, 4.69) is 0 Å². The second kappa shape index (κ2) is 5.98. The minimum atomic E-state index is -4.14. The quantitative estimate of drug-likeness (QED) is 0.839. The van der Waals surface area contributed by atoms with Crippen LogP contribution in [0.15, 0.2) is 72.6 Å². The molecular formula is C15H15O3P. The maximum atomic E-state index is 11.0. The summed E-state index contributed by atoms with van der Waals surface area (Å²) in [6, 6.07) is 19.3. The standard InChI is InChI=1S/C15H15O3P/c16-19(17,18)12-11-15(13-7-3-1-4-8-13)14-9-5-2-6-10-14/h1-12,15H,(H2,16,17,18)/b12-11+.